The summed E-state index contributed by atoms with van der Waals surface area (Å²) < 4.78 is 39.1. The van der Waals surface area contributed by atoms with Crippen molar-refractivity contribution in [3.05, 3.63) is 69.9 Å². The lowest BCUT2D eigenvalue weighted by Crippen LogP contribution is -2.42. The largest absolute Gasteiger partial charge is 0.407 e. The van der Waals surface area contributed by atoms with Gasteiger partial charge in [-0.15, -0.1) is 11.8 Å². The number of azide groups is 1. The number of thioether (sulfide) groups is 1. The number of rotatable bonds is 6. The van der Waals surface area contributed by atoms with Crippen molar-refractivity contribution < 1.29 is 23.1 Å². The van der Waals surface area contributed by atoms with Crippen LogP contribution in [0.4, 0.5) is 30.2 Å². The Balaban J connectivity index is 2.09. The van der Waals surface area contributed by atoms with Crippen LogP contribution < -0.4 is 5.32 Å². The van der Waals surface area contributed by atoms with Crippen molar-refractivity contribution >= 4 is 34.7 Å². The number of hydrogen-bond acceptors (Lipinski definition) is 4. The molecule has 29 heavy (non-hydrogen) atoms. The van der Waals surface area contributed by atoms with Gasteiger partial charge in [0.05, 0.1) is 12.1 Å². The highest BCUT2D eigenvalue weighted by Crippen LogP contribution is 2.38. The molecular weight excluding hydrogens is 407 g/mol. The second-order valence-corrected chi connectivity index (χ2v) is 7.09. The summed E-state index contributed by atoms with van der Waals surface area (Å²) >= 11 is 1.14. The fraction of sp³-hybridized carbons (Fsp3) is 0.222. The summed E-state index contributed by atoms with van der Waals surface area (Å²) in [5.74, 6) is -0.967. The first-order chi connectivity index (χ1) is 13.6. The van der Waals surface area contributed by atoms with Crippen LogP contribution >= 0.6 is 11.8 Å². The van der Waals surface area contributed by atoms with E-state index < -0.39 is 28.9 Å². The van der Waals surface area contributed by atoms with Gasteiger partial charge >= 0.3 is 6.18 Å². The van der Waals surface area contributed by atoms with Gasteiger partial charge in [0.25, 0.3) is 5.91 Å². The fourth-order valence-electron chi connectivity index (χ4n) is 2.15. The Morgan fingerprint density at radius 2 is 1.93 bits per heavy atom. The van der Waals surface area contributed by atoms with Gasteiger partial charge in [-0.25, -0.2) is 4.85 Å². The van der Waals surface area contributed by atoms with Gasteiger partial charge in [0.1, 0.15) is 5.60 Å². The van der Waals surface area contributed by atoms with E-state index >= 15 is 0 Å². The molecule has 0 bridgehead atoms. The monoisotopic (exact) mass is 421 g/mol. The van der Waals surface area contributed by atoms with Gasteiger partial charge in [0.2, 0.25) is 0 Å². The Morgan fingerprint density at radius 1 is 1.28 bits per heavy atom. The van der Waals surface area contributed by atoms with Crippen molar-refractivity contribution in [2.45, 2.75) is 23.6 Å². The van der Waals surface area contributed by atoms with Crippen LogP contribution in [0.3, 0.4) is 0 Å². The van der Waals surface area contributed by atoms with Gasteiger partial charge in [-0.3, -0.25) is 4.79 Å². The van der Waals surface area contributed by atoms with Crippen molar-refractivity contribution in [3.8, 4) is 0 Å². The van der Waals surface area contributed by atoms with E-state index in [1.807, 2.05) is 0 Å². The van der Waals surface area contributed by atoms with Crippen LogP contribution in [0.25, 0.3) is 15.3 Å². The van der Waals surface area contributed by atoms with Crippen molar-refractivity contribution in [2.24, 2.45) is 5.11 Å². The van der Waals surface area contributed by atoms with Crippen molar-refractivity contribution in [1.82, 2.24) is 0 Å². The van der Waals surface area contributed by atoms with Gasteiger partial charge in [-0.2, -0.15) is 13.2 Å². The summed E-state index contributed by atoms with van der Waals surface area (Å²) in [4.78, 5) is 18.5. The Morgan fingerprint density at radius 3 is 2.48 bits per heavy atom. The Labute approximate surface area is 168 Å². The number of amides is 1. The number of carbonyl (C=O) groups is 1. The van der Waals surface area contributed by atoms with Gasteiger partial charge < -0.3 is 10.4 Å². The quantitative estimate of drug-likeness (QED) is 0.206. The van der Waals surface area contributed by atoms with Crippen LogP contribution in [0.15, 0.2) is 52.5 Å². The number of carbonyl (C=O) groups excluding carboxylic acids is 1. The van der Waals surface area contributed by atoms with Gasteiger partial charge in [-0.05, 0) is 36.7 Å². The standard InChI is InChI=1S/C18H14F3N5O2S/c1-17(28,10-29-13-6-3-11(4-7-13)25-26-22)16(27)24-12-5-8-15(23-2)14(9-12)18(19,20)21/h3-9,28H,10H2,1H3,(H,24,27). The van der Waals surface area contributed by atoms with Crippen LogP contribution in [-0.2, 0) is 11.0 Å². The van der Waals surface area contributed by atoms with Crippen LogP contribution in [-0.4, -0.2) is 22.4 Å². The zero-order valence-electron chi connectivity index (χ0n) is 14.9. The SMILES string of the molecule is [C-]#[N+]c1ccc(NC(=O)C(C)(O)CSc2ccc(N=[N+]=[N-])cc2)cc1C(F)(F)F. The Kier molecular flexibility index (Phi) is 6.76. The van der Waals surface area contributed by atoms with Gasteiger partial charge in [0.15, 0.2) is 5.69 Å². The average Bonchev–Trinajstić information content (AvgIpc) is 2.67. The van der Waals surface area contributed by atoms with Gasteiger partial charge in [0, 0.05) is 26.9 Å². The van der Waals surface area contributed by atoms with Crippen molar-refractivity contribution in [1.29, 1.82) is 0 Å². The topological polar surface area (TPSA) is 102 Å². The minimum atomic E-state index is -4.75. The number of halogens is 3. The third-order valence-electron chi connectivity index (χ3n) is 3.69. The predicted octanol–water partition coefficient (Wildman–Crippen LogP) is 5.68. The Bertz CT molecular complexity index is 994. The predicted molar refractivity (Wildman–Crippen MR) is 103 cm³/mol. The lowest BCUT2D eigenvalue weighted by Gasteiger charge is -2.22. The molecule has 2 N–H and O–H groups in total. The molecule has 2 aromatic rings. The summed E-state index contributed by atoms with van der Waals surface area (Å²) in [6, 6.07) is 9.19. The molecule has 150 valence electrons. The van der Waals surface area contributed by atoms with E-state index in [2.05, 4.69) is 20.2 Å². The number of benzene rings is 2. The van der Waals surface area contributed by atoms with Crippen LogP contribution in [0, 0.1) is 6.57 Å². The van der Waals surface area contributed by atoms with Gasteiger partial charge in [-0.1, -0.05) is 23.3 Å². The third kappa shape index (κ3) is 5.89. The number of alkyl halides is 3. The highest BCUT2D eigenvalue weighted by Gasteiger charge is 2.35. The van der Waals surface area contributed by atoms with E-state index in [1.165, 1.54) is 6.92 Å². The van der Waals surface area contributed by atoms with E-state index in [-0.39, 0.29) is 11.4 Å². The molecule has 1 atom stereocenters. The third-order valence-corrected chi connectivity index (χ3v) is 5.00. The minimum absolute atomic E-state index is 0.0774. The van der Waals surface area contributed by atoms with E-state index in [9.17, 15) is 23.1 Å². The van der Waals surface area contributed by atoms with Crippen LogP contribution in [0.2, 0.25) is 0 Å². The van der Waals surface area contributed by atoms with Crippen molar-refractivity contribution in [3.63, 3.8) is 0 Å². The molecule has 11 heteroatoms. The summed E-state index contributed by atoms with van der Waals surface area (Å²) in [5.41, 5.74) is 4.96. The number of aliphatic hydroxyl groups is 1. The first kappa shape index (κ1) is 22.1. The molecule has 0 aliphatic heterocycles. The Hall–Kier alpha value is -3.19. The number of nitrogens with zero attached hydrogens (tertiary/aromatic N) is 4. The lowest BCUT2D eigenvalue weighted by molar-refractivity contribution is -0.137. The normalized spacial score (nSPS) is 13.0. The average molecular weight is 421 g/mol. The maximum Gasteiger partial charge on any atom is 0.407 e. The fourth-order valence-corrected chi connectivity index (χ4v) is 3.06. The second-order valence-electron chi connectivity index (χ2n) is 6.04. The van der Waals surface area contributed by atoms with E-state index in [1.54, 1.807) is 24.3 Å². The molecule has 0 fully saturated rings. The smallest absolute Gasteiger partial charge is 0.379 e. The molecule has 0 heterocycles. The second kappa shape index (κ2) is 8.87. The van der Waals surface area contributed by atoms with Crippen LogP contribution in [0.1, 0.15) is 12.5 Å². The summed E-state index contributed by atoms with van der Waals surface area (Å²) in [7, 11) is 0. The minimum Gasteiger partial charge on any atom is -0.379 e. The highest BCUT2D eigenvalue weighted by atomic mass is 32.2. The molecule has 2 rings (SSSR count). The molecule has 7 nitrogen and oxygen atoms in total. The first-order valence-electron chi connectivity index (χ1n) is 7.97. The maximum atomic E-state index is 13.0. The first-order valence-corrected chi connectivity index (χ1v) is 8.96. The highest BCUT2D eigenvalue weighted by molar-refractivity contribution is 7.99. The molecule has 1 amide bonds. The molecular formula is C18H14F3N5O2S. The molecule has 0 radical (unpaired) electrons. The summed E-state index contributed by atoms with van der Waals surface area (Å²) in [5, 5.41) is 16.1. The molecule has 0 spiro atoms. The molecule has 0 aromatic heterocycles. The molecule has 1 unspecified atom stereocenters. The molecule has 0 saturated carbocycles. The molecule has 0 aliphatic carbocycles. The molecule has 0 saturated heterocycles. The van der Waals surface area contributed by atoms with E-state index in [0.717, 1.165) is 23.9 Å². The van der Waals surface area contributed by atoms with Crippen molar-refractivity contribution in [2.75, 3.05) is 11.1 Å². The molecule has 2 aromatic carbocycles. The number of anilines is 1. The molecule has 0 aliphatic rings. The zero-order chi connectivity index (χ0) is 21.7. The number of hydrogen-bond donors (Lipinski definition) is 2. The summed E-state index contributed by atoms with van der Waals surface area (Å²) in [6.07, 6.45) is -4.75. The maximum absolute atomic E-state index is 13.0. The van der Waals surface area contributed by atoms with E-state index in [0.29, 0.717) is 16.6 Å². The van der Waals surface area contributed by atoms with Crippen LogP contribution in [0.5, 0.6) is 0 Å². The lowest BCUT2D eigenvalue weighted by atomic mass is 10.1. The number of nitrogens with one attached hydrogen (secondary N) is 1. The summed E-state index contributed by atoms with van der Waals surface area (Å²) in [6.45, 7) is 8.06. The van der Waals surface area contributed by atoms with E-state index in [4.69, 9.17) is 12.1 Å². The zero-order valence-corrected chi connectivity index (χ0v) is 15.8.